The first-order valence-electron chi connectivity index (χ1n) is 9.14. The normalized spacial score (nSPS) is 15.7. The second-order valence-corrected chi connectivity index (χ2v) is 7.01. The van der Waals surface area contributed by atoms with Crippen molar-refractivity contribution in [3.8, 4) is 0 Å². The molecule has 0 saturated heterocycles. The summed E-state index contributed by atoms with van der Waals surface area (Å²) >= 11 is 5.63. The second-order valence-electron chi connectivity index (χ2n) is 6.62. The summed E-state index contributed by atoms with van der Waals surface area (Å²) in [5, 5.41) is 21.1. The highest BCUT2D eigenvalue weighted by Crippen LogP contribution is 2.33. The Bertz CT molecular complexity index is 1050. The van der Waals surface area contributed by atoms with Crippen LogP contribution in [0.2, 0.25) is 0 Å². The summed E-state index contributed by atoms with van der Waals surface area (Å²) in [7, 11) is 0. The topological polar surface area (TPSA) is 70.8 Å². The van der Waals surface area contributed by atoms with Crippen LogP contribution in [0, 0.1) is 10.1 Å². The minimum atomic E-state index is -0.426. The fourth-order valence-electron chi connectivity index (χ4n) is 3.28. The van der Waals surface area contributed by atoms with E-state index >= 15 is 0 Å². The van der Waals surface area contributed by atoms with Gasteiger partial charge in [0.15, 0.2) is 5.11 Å². The number of nitrogens with one attached hydrogen (secondary N) is 1. The molecule has 29 heavy (non-hydrogen) atoms. The zero-order valence-electron chi connectivity index (χ0n) is 15.4. The maximum Gasteiger partial charge on any atom is 0.269 e. The average Bonchev–Trinajstić information content (AvgIpc) is 3.21. The molecule has 0 bridgehead atoms. The molecule has 0 amide bonds. The molecule has 0 spiro atoms. The third-order valence-corrected chi connectivity index (χ3v) is 5.03. The summed E-state index contributed by atoms with van der Waals surface area (Å²) in [6, 6.07) is 26.3. The molecule has 3 aromatic carbocycles. The van der Waals surface area contributed by atoms with Crippen molar-refractivity contribution >= 4 is 34.4 Å². The third-order valence-electron chi connectivity index (χ3n) is 4.74. The molecule has 144 valence electrons. The van der Waals surface area contributed by atoms with Crippen LogP contribution in [-0.4, -0.2) is 20.8 Å². The van der Waals surface area contributed by atoms with Crippen molar-refractivity contribution in [1.82, 2.24) is 5.01 Å². The quantitative estimate of drug-likeness (QED) is 0.372. The number of nitro benzene ring substituents is 1. The number of non-ortho nitro benzene ring substituents is 1. The van der Waals surface area contributed by atoms with E-state index in [0.717, 1.165) is 23.3 Å². The summed E-state index contributed by atoms with van der Waals surface area (Å²) in [6.07, 6.45) is 0.732. The van der Waals surface area contributed by atoms with E-state index in [1.165, 1.54) is 12.1 Å². The van der Waals surface area contributed by atoms with Crippen molar-refractivity contribution < 1.29 is 4.92 Å². The highest BCUT2D eigenvalue weighted by atomic mass is 32.1. The number of nitro groups is 1. The molecule has 6 nitrogen and oxygen atoms in total. The monoisotopic (exact) mass is 402 g/mol. The molecule has 1 aliphatic heterocycles. The van der Waals surface area contributed by atoms with Crippen LogP contribution in [0.1, 0.15) is 23.6 Å². The van der Waals surface area contributed by atoms with Crippen molar-refractivity contribution in [3.63, 3.8) is 0 Å². The molecular formula is C22H18N4O2S. The van der Waals surface area contributed by atoms with Gasteiger partial charge in [0.2, 0.25) is 0 Å². The summed E-state index contributed by atoms with van der Waals surface area (Å²) < 4.78 is 0. The Morgan fingerprint density at radius 3 is 2.24 bits per heavy atom. The van der Waals surface area contributed by atoms with Gasteiger partial charge in [-0.3, -0.25) is 10.1 Å². The number of nitrogens with zero attached hydrogens (tertiary/aromatic N) is 3. The van der Waals surface area contributed by atoms with Crippen molar-refractivity contribution in [1.29, 1.82) is 0 Å². The molecule has 1 N–H and O–H groups in total. The lowest BCUT2D eigenvalue weighted by Crippen LogP contribution is -2.31. The maximum absolute atomic E-state index is 10.8. The molecule has 0 fully saturated rings. The Kier molecular flexibility index (Phi) is 5.31. The molecule has 0 aliphatic carbocycles. The Labute approximate surface area is 173 Å². The Hall–Kier alpha value is -3.58. The molecule has 0 saturated carbocycles. The Balaban J connectivity index is 1.60. The standard InChI is InChI=1S/C22H18N4O2S/c27-26(28)19-13-11-18(12-14-19)23-22(29)25-21(17-9-5-2-6-10-17)15-20(24-25)16-7-3-1-4-8-16/h1-14,21H,15H2,(H,23,29). The Morgan fingerprint density at radius 2 is 1.62 bits per heavy atom. The summed E-state index contributed by atoms with van der Waals surface area (Å²) in [4.78, 5) is 10.4. The van der Waals surface area contributed by atoms with Crippen LogP contribution in [0.25, 0.3) is 0 Å². The SMILES string of the molecule is O=[N+]([O-])c1ccc(NC(=S)N2N=C(c3ccccc3)CC2c2ccccc2)cc1. The van der Waals surface area contributed by atoms with Crippen LogP contribution in [0.4, 0.5) is 11.4 Å². The average molecular weight is 402 g/mol. The van der Waals surface area contributed by atoms with Crippen LogP contribution in [0.5, 0.6) is 0 Å². The van der Waals surface area contributed by atoms with Crippen LogP contribution in [0.3, 0.4) is 0 Å². The lowest BCUT2D eigenvalue weighted by Gasteiger charge is -2.24. The molecule has 0 aromatic heterocycles. The largest absolute Gasteiger partial charge is 0.331 e. The van der Waals surface area contributed by atoms with Crippen LogP contribution >= 0.6 is 12.2 Å². The molecule has 4 rings (SSSR count). The van der Waals surface area contributed by atoms with Crippen LogP contribution in [0.15, 0.2) is 90.0 Å². The molecule has 3 aromatic rings. The number of thiocarbonyl (C=S) groups is 1. The van der Waals surface area contributed by atoms with Gasteiger partial charge in [0, 0.05) is 24.2 Å². The zero-order valence-corrected chi connectivity index (χ0v) is 16.3. The van der Waals surface area contributed by atoms with Gasteiger partial charge in [-0.05, 0) is 35.5 Å². The molecule has 0 radical (unpaired) electrons. The molecular weight excluding hydrogens is 384 g/mol. The van der Waals surface area contributed by atoms with E-state index in [1.807, 2.05) is 53.5 Å². The van der Waals surface area contributed by atoms with Gasteiger partial charge in [-0.15, -0.1) is 0 Å². The highest BCUT2D eigenvalue weighted by Gasteiger charge is 2.31. The van der Waals surface area contributed by atoms with Crippen molar-refractivity contribution in [2.45, 2.75) is 12.5 Å². The number of hydrazone groups is 1. The predicted octanol–water partition coefficient (Wildman–Crippen LogP) is 5.14. The summed E-state index contributed by atoms with van der Waals surface area (Å²) in [5.41, 5.74) is 3.86. The van der Waals surface area contributed by atoms with Gasteiger partial charge in [0.05, 0.1) is 16.7 Å². The number of hydrogen-bond donors (Lipinski definition) is 1. The van der Waals surface area contributed by atoms with E-state index in [1.54, 1.807) is 12.1 Å². The molecule has 7 heteroatoms. The molecule has 1 heterocycles. The minimum absolute atomic E-state index is 0.0237. The van der Waals surface area contributed by atoms with E-state index in [2.05, 4.69) is 17.4 Å². The third kappa shape index (κ3) is 4.14. The van der Waals surface area contributed by atoms with Gasteiger partial charge in [-0.1, -0.05) is 60.7 Å². The number of benzene rings is 3. The number of rotatable bonds is 4. The van der Waals surface area contributed by atoms with Crippen molar-refractivity contribution in [3.05, 3.63) is 106 Å². The van der Waals surface area contributed by atoms with Gasteiger partial charge in [-0.2, -0.15) is 5.10 Å². The van der Waals surface area contributed by atoms with E-state index in [0.29, 0.717) is 10.8 Å². The zero-order chi connectivity index (χ0) is 20.2. The number of hydrogen-bond acceptors (Lipinski definition) is 4. The van der Waals surface area contributed by atoms with Crippen molar-refractivity contribution in [2.24, 2.45) is 5.10 Å². The summed E-state index contributed by atoms with van der Waals surface area (Å²) in [6.45, 7) is 0. The van der Waals surface area contributed by atoms with Gasteiger partial charge in [0.25, 0.3) is 5.69 Å². The van der Waals surface area contributed by atoms with E-state index in [-0.39, 0.29) is 11.7 Å². The smallest absolute Gasteiger partial charge is 0.269 e. The van der Waals surface area contributed by atoms with Gasteiger partial charge in [-0.25, -0.2) is 5.01 Å². The first-order chi connectivity index (χ1) is 14.1. The first-order valence-corrected chi connectivity index (χ1v) is 9.55. The van der Waals surface area contributed by atoms with Crippen molar-refractivity contribution in [2.75, 3.05) is 5.32 Å². The molecule has 1 atom stereocenters. The highest BCUT2D eigenvalue weighted by molar-refractivity contribution is 7.80. The fraction of sp³-hybridized carbons (Fsp3) is 0.0909. The molecule has 1 unspecified atom stereocenters. The lowest BCUT2D eigenvalue weighted by atomic mass is 9.99. The lowest BCUT2D eigenvalue weighted by molar-refractivity contribution is -0.384. The Morgan fingerprint density at radius 1 is 1.00 bits per heavy atom. The second kappa shape index (κ2) is 8.20. The number of anilines is 1. The van der Waals surface area contributed by atoms with Gasteiger partial charge < -0.3 is 5.32 Å². The fourth-order valence-corrected chi connectivity index (χ4v) is 3.57. The maximum atomic E-state index is 10.8. The van der Waals surface area contributed by atoms with E-state index < -0.39 is 4.92 Å². The van der Waals surface area contributed by atoms with Crippen LogP contribution < -0.4 is 5.32 Å². The minimum Gasteiger partial charge on any atom is -0.331 e. The van der Waals surface area contributed by atoms with Crippen LogP contribution in [-0.2, 0) is 0 Å². The van der Waals surface area contributed by atoms with E-state index in [4.69, 9.17) is 17.3 Å². The predicted molar refractivity (Wildman–Crippen MR) is 118 cm³/mol. The van der Waals surface area contributed by atoms with Gasteiger partial charge >= 0.3 is 0 Å². The first kappa shape index (κ1) is 18.8. The van der Waals surface area contributed by atoms with Gasteiger partial charge in [0.1, 0.15) is 0 Å². The van der Waals surface area contributed by atoms with E-state index in [9.17, 15) is 10.1 Å². The summed E-state index contributed by atoms with van der Waals surface area (Å²) in [5.74, 6) is 0. The molecule has 1 aliphatic rings.